The molecule has 0 aliphatic heterocycles. The Morgan fingerprint density at radius 2 is 1.92 bits per heavy atom. The van der Waals surface area contributed by atoms with Crippen LogP contribution in [0.4, 0.5) is 13.2 Å². The highest BCUT2D eigenvalue weighted by molar-refractivity contribution is 6.64. The fourth-order valence-electron chi connectivity index (χ4n) is 1.00. The minimum absolute atomic E-state index is 0.195. The summed E-state index contributed by atoms with van der Waals surface area (Å²) in [6.45, 7) is 1.88. The first-order chi connectivity index (χ1) is 5.89. The van der Waals surface area contributed by atoms with Crippen LogP contribution in [-0.4, -0.2) is 11.4 Å². The van der Waals surface area contributed by atoms with Gasteiger partial charge in [-0.1, -0.05) is 26.2 Å². The van der Waals surface area contributed by atoms with E-state index in [1.807, 2.05) is 6.92 Å². The maximum atomic E-state index is 12.1. The number of rotatable bonds is 5. The second-order valence-electron chi connectivity index (χ2n) is 2.89. The van der Waals surface area contributed by atoms with Crippen LogP contribution >= 0.6 is 11.6 Å². The summed E-state index contributed by atoms with van der Waals surface area (Å²) in [4.78, 5) is 10.4. The molecule has 1 nitrogen and oxygen atoms in total. The lowest BCUT2D eigenvalue weighted by Crippen LogP contribution is -2.27. The Hall–Kier alpha value is -0.250. The minimum atomic E-state index is -4.49. The Kier molecular flexibility index (Phi) is 5.37. The van der Waals surface area contributed by atoms with E-state index in [9.17, 15) is 18.0 Å². The summed E-state index contributed by atoms with van der Waals surface area (Å²) in [5, 5.41) is -1.30. The third-order valence-electron chi connectivity index (χ3n) is 1.77. The Morgan fingerprint density at radius 1 is 1.38 bits per heavy atom. The molecule has 0 heterocycles. The van der Waals surface area contributed by atoms with Crippen molar-refractivity contribution >= 4 is 16.8 Å². The van der Waals surface area contributed by atoms with E-state index in [1.165, 1.54) is 0 Å². The van der Waals surface area contributed by atoms with Gasteiger partial charge in [-0.3, -0.25) is 4.79 Å². The van der Waals surface area contributed by atoms with Crippen molar-refractivity contribution in [2.75, 3.05) is 0 Å². The summed E-state index contributed by atoms with van der Waals surface area (Å²) in [5.74, 6) is -1.99. The van der Waals surface area contributed by atoms with Crippen molar-refractivity contribution in [1.29, 1.82) is 0 Å². The first-order valence-corrected chi connectivity index (χ1v) is 4.53. The Labute approximate surface area is 80.3 Å². The summed E-state index contributed by atoms with van der Waals surface area (Å²) in [6, 6.07) is 0. The standard InChI is InChI=1S/C8H12ClF3O/c1-2-3-4-5-6(7(9)13)8(10,11)12/h6H,2-5H2,1H3. The van der Waals surface area contributed by atoms with Crippen molar-refractivity contribution in [2.24, 2.45) is 5.92 Å². The predicted octanol–water partition coefficient (Wildman–Crippen LogP) is 3.51. The summed E-state index contributed by atoms with van der Waals surface area (Å²) < 4.78 is 36.3. The van der Waals surface area contributed by atoms with Crippen LogP contribution in [0.15, 0.2) is 0 Å². The lowest BCUT2D eigenvalue weighted by Gasteiger charge is -2.15. The molecule has 0 aliphatic rings. The van der Waals surface area contributed by atoms with Crippen LogP contribution in [0.3, 0.4) is 0 Å². The molecule has 0 radical (unpaired) electrons. The summed E-state index contributed by atoms with van der Waals surface area (Å²) >= 11 is 4.85. The van der Waals surface area contributed by atoms with Gasteiger partial charge in [0.25, 0.3) is 0 Å². The molecule has 5 heteroatoms. The van der Waals surface area contributed by atoms with E-state index in [4.69, 9.17) is 11.6 Å². The molecule has 0 aromatic carbocycles. The maximum absolute atomic E-state index is 12.1. The first-order valence-electron chi connectivity index (χ1n) is 4.15. The quantitative estimate of drug-likeness (QED) is 0.508. The molecule has 0 aromatic rings. The van der Waals surface area contributed by atoms with E-state index in [2.05, 4.69) is 0 Å². The monoisotopic (exact) mass is 216 g/mol. The van der Waals surface area contributed by atoms with Gasteiger partial charge in [0.15, 0.2) is 0 Å². The summed E-state index contributed by atoms with van der Waals surface area (Å²) in [6.07, 6.45) is -2.79. The van der Waals surface area contributed by atoms with Crippen LogP contribution in [-0.2, 0) is 4.79 Å². The highest BCUT2D eigenvalue weighted by atomic mass is 35.5. The third-order valence-corrected chi connectivity index (χ3v) is 2.03. The predicted molar refractivity (Wildman–Crippen MR) is 44.5 cm³/mol. The zero-order valence-electron chi connectivity index (χ0n) is 7.33. The first kappa shape index (κ1) is 12.8. The van der Waals surface area contributed by atoms with Crippen molar-refractivity contribution in [3.8, 4) is 0 Å². The Morgan fingerprint density at radius 3 is 2.23 bits per heavy atom. The smallest absolute Gasteiger partial charge is 0.281 e. The molecule has 0 fully saturated rings. The lowest BCUT2D eigenvalue weighted by molar-refractivity contribution is -0.178. The number of alkyl halides is 3. The molecule has 0 N–H and O–H groups in total. The van der Waals surface area contributed by atoms with Gasteiger partial charge in [0, 0.05) is 0 Å². The van der Waals surface area contributed by atoms with Crippen LogP contribution < -0.4 is 0 Å². The van der Waals surface area contributed by atoms with Gasteiger partial charge < -0.3 is 0 Å². The molecule has 0 saturated carbocycles. The van der Waals surface area contributed by atoms with Crippen molar-refractivity contribution in [2.45, 2.75) is 38.8 Å². The van der Waals surface area contributed by atoms with Crippen LogP contribution in [0.25, 0.3) is 0 Å². The van der Waals surface area contributed by atoms with Gasteiger partial charge in [-0.25, -0.2) is 0 Å². The largest absolute Gasteiger partial charge is 0.399 e. The molecular weight excluding hydrogens is 205 g/mol. The zero-order chi connectivity index (χ0) is 10.5. The second kappa shape index (κ2) is 5.47. The third kappa shape index (κ3) is 5.13. The van der Waals surface area contributed by atoms with Crippen molar-refractivity contribution in [3.05, 3.63) is 0 Å². The highest BCUT2D eigenvalue weighted by Crippen LogP contribution is 2.32. The van der Waals surface area contributed by atoms with Gasteiger partial charge in [0.2, 0.25) is 5.24 Å². The van der Waals surface area contributed by atoms with E-state index in [-0.39, 0.29) is 6.42 Å². The molecule has 0 spiro atoms. The molecule has 1 unspecified atom stereocenters. The summed E-state index contributed by atoms with van der Waals surface area (Å²) in [5.41, 5.74) is 0. The van der Waals surface area contributed by atoms with Crippen LogP contribution in [0.2, 0.25) is 0 Å². The maximum Gasteiger partial charge on any atom is 0.399 e. The molecule has 0 amide bonds. The number of carbonyl (C=O) groups excluding carboxylic acids is 1. The van der Waals surface area contributed by atoms with E-state index >= 15 is 0 Å². The van der Waals surface area contributed by atoms with E-state index in [0.717, 1.165) is 6.42 Å². The fraction of sp³-hybridized carbons (Fsp3) is 0.875. The molecule has 0 rings (SSSR count). The number of hydrogen-bond acceptors (Lipinski definition) is 1. The van der Waals surface area contributed by atoms with Crippen molar-refractivity contribution in [1.82, 2.24) is 0 Å². The SMILES string of the molecule is CCCCCC(C(=O)Cl)C(F)(F)F. The topological polar surface area (TPSA) is 17.1 Å². The second-order valence-corrected chi connectivity index (χ2v) is 3.27. The number of carbonyl (C=O) groups is 1. The molecule has 0 bridgehead atoms. The van der Waals surface area contributed by atoms with Gasteiger partial charge in [-0.05, 0) is 18.0 Å². The van der Waals surface area contributed by atoms with Gasteiger partial charge in [-0.2, -0.15) is 13.2 Å². The Balaban J connectivity index is 4.04. The van der Waals surface area contributed by atoms with Crippen molar-refractivity contribution < 1.29 is 18.0 Å². The Bertz CT molecular complexity index is 167. The summed E-state index contributed by atoms with van der Waals surface area (Å²) in [7, 11) is 0. The molecular formula is C8H12ClF3O. The molecule has 0 aliphatic carbocycles. The van der Waals surface area contributed by atoms with Gasteiger partial charge >= 0.3 is 6.18 Å². The fourth-order valence-corrected chi connectivity index (χ4v) is 1.24. The van der Waals surface area contributed by atoms with Crippen molar-refractivity contribution in [3.63, 3.8) is 0 Å². The lowest BCUT2D eigenvalue weighted by atomic mass is 10.0. The van der Waals surface area contributed by atoms with Gasteiger partial charge in [0.1, 0.15) is 5.92 Å². The average molecular weight is 217 g/mol. The molecule has 0 aromatic heterocycles. The molecule has 1 atom stereocenters. The van der Waals surface area contributed by atoms with E-state index in [0.29, 0.717) is 12.8 Å². The normalized spacial score (nSPS) is 14.2. The molecule has 78 valence electrons. The number of hydrogen-bond donors (Lipinski definition) is 0. The van der Waals surface area contributed by atoms with Crippen LogP contribution in [0, 0.1) is 5.92 Å². The van der Waals surface area contributed by atoms with Gasteiger partial charge in [0.05, 0.1) is 0 Å². The van der Waals surface area contributed by atoms with Crippen LogP contribution in [0.5, 0.6) is 0 Å². The number of halogens is 4. The van der Waals surface area contributed by atoms with E-state index in [1.54, 1.807) is 0 Å². The van der Waals surface area contributed by atoms with Crippen LogP contribution in [0.1, 0.15) is 32.6 Å². The number of unbranched alkanes of at least 4 members (excludes halogenated alkanes) is 2. The zero-order valence-corrected chi connectivity index (χ0v) is 8.08. The highest BCUT2D eigenvalue weighted by Gasteiger charge is 2.43. The molecule has 13 heavy (non-hydrogen) atoms. The minimum Gasteiger partial charge on any atom is -0.281 e. The van der Waals surface area contributed by atoms with E-state index < -0.39 is 17.3 Å². The van der Waals surface area contributed by atoms with Gasteiger partial charge in [-0.15, -0.1) is 0 Å². The average Bonchev–Trinajstić information content (AvgIpc) is 1.94. The molecule has 0 saturated heterocycles.